The normalized spacial score (nSPS) is 19.4. The van der Waals surface area contributed by atoms with Gasteiger partial charge in [-0.3, -0.25) is 23.7 Å². The van der Waals surface area contributed by atoms with Gasteiger partial charge in [0.25, 0.3) is 0 Å². The van der Waals surface area contributed by atoms with Gasteiger partial charge in [0.2, 0.25) is 17.7 Å². The van der Waals surface area contributed by atoms with Crippen LogP contribution in [-0.4, -0.2) is 34.6 Å². The van der Waals surface area contributed by atoms with Gasteiger partial charge in [0, 0.05) is 22.0 Å². The Balaban J connectivity index is 1.42. The van der Waals surface area contributed by atoms with Crippen LogP contribution in [0.5, 0.6) is 5.75 Å². The van der Waals surface area contributed by atoms with Gasteiger partial charge >= 0.3 is 4.87 Å². The Hall–Kier alpha value is -3.57. The van der Waals surface area contributed by atoms with Crippen molar-refractivity contribution in [1.82, 2.24) is 4.57 Å². The monoisotopic (exact) mass is 639 g/mol. The van der Waals surface area contributed by atoms with Crippen LogP contribution in [0.25, 0.3) is 0 Å². The van der Waals surface area contributed by atoms with E-state index in [1.165, 1.54) is 22.6 Å². The smallest absolute Gasteiger partial charge is 0.308 e. The van der Waals surface area contributed by atoms with Crippen LogP contribution in [0.4, 0.5) is 11.4 Å². The second kappa shape index (κ2) is 11.3. The maximum atomic E-state index is 14.0. The minimum atomic E-state index is -0.806. The molecule has 0 radical (unpaired) electrons. The number of hydrogen-bond donors (Lipinski definition) is 1. The molecule has 1 fully saturated rings. The summed E-state index contributed by atoms with van der Waals surface area (Å²) >= 11 is 14.2. The number of rotatable bonds is 6. The predicted molar refractivity (Wildman–Crippen MR) is 165 cm³/mol. The van der Waals surface area contributed by atoms with E-state index in [0.717, 1.165) is 28.7 Å². The van der Waals surface area contributed by atoms with Crippen LogP contribution >= 0.6 is 46.3 Å². The summed E-state index contributed by atoms with van der Waals surface area (Å²) in [5.74, 6) is -2.03. The van der Waals surface area contributed by atoms with Gasteiger partial charge in [0.15, 0.2) is 0 Å². The lowest BCUT2D eigenvalue weighted by molar-refractivity contribution is -0.122. The molecule has 6 rings (SSSR count). The number of carbonyl (C=O) groups excluding carboxylic acids is 3. The number of para-hydroxylation sites is 1. The fourth-order valence-corrected chi connectivity index (χ4v) is 8.44. The Morgan fingerprint density at radius 2 is 1.71 bits per heavy atom. The quantitative estimate of drug-likeness (QED) is 0.261. The lowest BCUT2D eigenvalue weighted by Gasteiger charge is -2.31. The van der Waals surface area contributed by atoms with E-state index in [-0.39, 0.29) is 28.3 Å². The Kier molecular flexibility index (Phi) is 7.65. The number of aromatic nitrogens is 1. The fraction of sp³-hybridized carbons (Fsp3) is 0.200. The summed E-state index contributed by atoms with van der Waals surface area (Å²) < 4.78 is 7.02. The lowest BCUT2D eigenvalue weighted by Crippen LogP contribution is -2.33. The second-order valence-corrected chi connectivity index (χ2v) is 12.9. The summed E-state index contributed by atoms with van der Waals surface area (Å²) in [6.45, 7) is 1.64. The van der Waals surface area contributed by atoms with Crippen molar-refractivity contribution in [3.8, 4) is 5.75 Å². The first-order chi connectivity index (χ1) is 20.2. The van der Waals surface area contributed by atoms with Crippen LogP contribution < -0.4 is 19.8 Å². The number of amides is 3. The third-order valence-corrected chi connectivity index (χ3v) is 10.7. The number of thiazole rings is 1. The van der Waals surface area contributed by atoms with E-state index in [9.17, 15) is 19.2 Å². The van der Waals surface area contributed by atoms with Crippen molar-refractivity contribution >= 4 is 75.4 Å². The molecule has 42 heavy (non-hydrogen) atoms. The molecule has 4 aromatic rings. The fourth-order valence-electron chi connectivity index (χ4n) is 5.38. The van der Waals surface area contributed by atoms with E-state index < -0.39 is 23.0 Å². The number of halogens is 2. The second-order valence-electron chi connectivity index (χ2n) is 9.93. The van der Waals surface area contributed by atoms with Crippen LogP contribution in [0.3, 0.4) is 0 Å². The number of carbonyl (C=O) groups is 3. The average molecular weight is 641 g/mol. The van der Waals surface area contributed by atoms with E-state index >= 15 is 0 Å². The minimum absolute atomic E-state index is 0.281. The molecule has 214 valence electrons. The van der Waals surface area contributed by atoms with E-state index in [1.807, 2.05) is 37.3 Å². The number of fused-ring (bicyclic) bond motifs is 2. The van der Waals surface area contributed by atoms with Gasteiger partial charge in [0.1, 0.15) is 17.5 Å². The first-order valence-electron chi connectivity index (χ1n) is 12.9. The summed E-state index contributed by atoms with van der Waals surface area (Å²) in [4.78, 5) is 55.8. The molecular weight excluding hydrogens is 617 g/mol. The number of benzene rings is 3. The summed E-state index contributed by atoms with van der Waals surface area (Å²) in [7, 11) is 1.54. The Morgan fingerprint density at radius 1 is 0.976 bits per heavy atom. The molecule has 2 aliphatic rings. The van der Waals surface area contributed by atoms with E-state index in [2.05, 4.69) is 5.32 Å². The molecule has 0 spiro atoms. The summed E-state index contributed by atoms with van der Waals surface area (Å²) in [6, 6.07) is 19.2. The SMILES string of the molecule is COc1ccccc1C1c2sc(=O)n(CC(=O)Nc3ccc(Cl)c(Cl)c3)c2SC2C(=O)N(c3ccc(C)cc3)C(=O)C21. The van der Waals surface area contributed by atoms with Crippen LogP contribution in [-0.2, 0) is 20.9 Å². The van der Waals surface area contributed by atoms with Crippen LogP contribution in [0.1, 0.15) is 21.9 Å². The number of anilines is 2. The lowest BCUT2D eigenvalue weighted by atomic mass is 9.82. The van der Waals surface area contributed by atoms with Crippen molar-refractivity contribution in [2.75, 3.05) is 17.3 Å². The van der Waals surface area contributed by atoms with Gasteiger partial charge in [-0.05, 0) is 43.3 Å². The maximum absolute atomic E-state index is 14.0. The number of ether oxygens (including phenoxy) is 1. The highest BCUT2D eigenvalue weighted by atomic mass is 35.5. The van der Waals surface area contributed by atoms with Gasteiger partial charge in [-0.25, -0.2) is 4.90 Å². The third-order valence-electron chi connectivity index (χ3n) is 7.32. The van der Waals surface area contributed by atoms with Crippen molar-refractivity contribution in [1.29, 1.82) is 0 Å². The van der Waals surface area contributed by atoms with Crippen LogP contribution in [0, 0.1) is 12.8 Å². The van der Waals surface area contributed by atoms with E-state index in [4.69, 9.17) is 27.9 Å². The number of aryl methyl sites for hydroxylation is 1. The van der Waals surface area contributed by atoms with Gasteiger partial charge in [-0.1, -0.05) is 82.2 Å². The van der Waals surface area contributed by atoms with Gasteiger partial charge in [-0.15, -0.1) is 0 Å². The Morgan fingerprint density at radius 3 is 2.43 bits per heavy atom. The Bertz CT molecular complexity index is 1800. The molecule has 3 aromatic carbocycles. The molecular formula is C30H23Cl2N3O5S2. The number of thioether (sulfide) groups is 1. The molecule has 8 nitrogen and oxygen atoms in total. The molecule has 1 aromatic heterocycles. The number of nitrogens with one attached hydrogen (secondary N) is 1. The largest absolute Gasteiger partial charge is 0.496 e. The summed E-state index contributed by atoms with van der Waals surface area (Å²) in [5.41, 5.74) is 2.61. The van der Waals surface area contributed by atoms with Gasteiger partial charge in [-0.2, -0.15) is 0 Å². The Labute approximate surface area is 259 Å². The molecule has 0 bridgehead atoms. The predicted octanol–water partition coefficient (Wildman–Crippen LogP) is 5.97. The minimum Gasteiger partial charge on any atom is -0.496 e. The molecule has 3 amide bonds. The average Bonchev–Trinajstić information content (AvgIpc) is 3.41. The van der Waals surface area contributed by atoms with Crippen LogP contribution in [0.15, 0.2) is 76.6 Å². The highest BCUT2D eigenvalue weighted by Gasteiger charge is 2.57. The van der Waals surface area contributed by atoms with Gasteiger partial charge < -0.3 is 10.1 Å². The number of nitrogens with zero attached hydrogens (tertiary/aromatic N) is 2. The van der Waals surface area contributed by atoms with Crippen molar-refractivity contribution in [3.05, 3.63) is 102 Å². The highest BCUT2D eigenvalue weighted by Crippen LogP contribution is 2.55. The first-order valence-corrected chi connectivity index (χ1v) is 15.4. The first kappa shape index (κ1) is 28.5. The zero-order valence-electron chi connectivity index (χ0n) is 22.3. The van der Waals surface area contributed by atoms with Crippen molar-refractivity contribution in [2.45, 2.75) is 29.7 Å². The number of hydrogen-bond acceptors (Lipinski definition) is 7. The topological polar surface area (TPSA) is 97.7 Å². The molecule has 0 saturated carbocycles. The van der Waals surface area contributed by atoms with Crippen molar-refractivity contribution in [3.63, 3.8) is 0 Å². The molecule has 3 atom stereocenters. The summed E-state index contributed by atoms with van der Waals surface area (Å²) in [5, 5.41) is 3.05. The number of imide groups is 1. The maximum Gasteiger partial charge on any atom is 0.308 e. The third kappa shape index (κ3) is 4.92. The van der Waals surface area contributed by atoms with Crippen molar-refractivity contribution in [2.24, 2.45) is 5.92 Å². The number of methoxy groups -OCH3 is 1. The molecule has 2 aliphatic heterocycles. The molecule has 0 aliphatic carbocycles. The molecule has 3 heterocycles. The van der Waals surface area contributed by atoms with E-state index in [1.54, 1.807) is 30.3 Å². The molecule has 1 N–H and O–H groups in total. The zero-order valence-corrected chi connectivity index (χ0v) is 25.4. The van der Waals surface area contributed by atoms with Crippen LogP contribution in [0.2, 0.25) is 10.0 Å². The van der Waals surface area contributed by atoms with Gasteiger partial charge in [0.05, 0.1) is 33.8 Å². The zero-order chi connectivity index (χ0) is 29.7. The molecule has 1 saturated heterocycles. The molecule has 3 unspecified atom stereocenters. The standard InChI is InChI=1S/C30H23Cl2N3O5S2/c1-15-7-10-17(11-8-15)35-27(37)24-23(18-5-3-4-6-21(18)40-2)26-29(41-25(24)28(35)38)34(30(39)42-26)14-22(36)33-16-9-12-19(31)20(32)13-16/h3-13,23-25H,14H2,1-2H3,(H,33,36). The van der Waals surface area contributed by atoms with Crippen molar-refractivity contribution < 1.29 is 19.1 Å². The molecule has 12 heteroatoms. The summed E-state index contributed by atoms with van der Waals surface area (Å²) in [6.07, 6.45) is 0. The van der Waals surface area contributed by atoms with E-state index in [0.29, 0.717) is 37.6 Å². The highest BCUT2D eigenvalue weighted by molar-refractivity contribution is 8.00.